The fourth-order valence-corrected chi connectivity index (χ4v) is 2.57. The van der Waals surface area contributed by atoms with Gasteiger partial charge in [-0.1, -0.05) is 31.1 Å². The minimum atomic E-state index is -0.442. The molecular weight excluding hydrogens is 344 g/mol. The predicted molar refractivity (Wildman–Crippen MR) is 99.0 cm³/mol. The number of benzene rings is 1. The van der Waals surface area contributed by atoms with E-state index in [9.17, 15) is 9.59 Å². The number of rotatable bonds is 6. The number of Topliss-reactive ketones (excluding diaryl/α,β-unsaturated/α-hetero) is 1. The Bertz CT molecular complexity index is 933. The van der Waals surface area contributed by atoms with Crippen molar-refractivity contribution >= 4 is 11.7 Å². The Labute approximate surface area is 156 Å². The van der Waals surface area contributed by atoms with Crippen molar-refractivity contribution < 1.29 is 14.1 Å². The quantitative estimate of drug-likeness (QED) is 0.673. The van der Waals surface area contributed by atoms with E-state index in [1.54, 1.807) is 42.7 Å². The minimum absolute atomic E-state index is 0.0349. The zero-order valence-corrected chi connectivity index (χ0v) is 15.3. The Morgan fingerprint density at radius 2 is 1.78 bits per heavy atom. The van der Waals surface area contributed by atoms with E-state index in [4.69, 9.17) is 4.52 Å². The molecule has 0 saturated heterocycles. The Balaban J connectivity index is 1.79. The van der Waals surface area contributed by atoms with Crippen LogP contribution in [0.5, 0.6) is 0 Å². The van der Waals surface area contributed by atoms with Gasteiger partial charge in [0.25, 0.3) is 5.91 Å². The van der Waals surface area contributed by atoms with Gasteiger partial charge in [-0.05, 0) is 37.1 Å². The van der Waals surface area contributed by atoms with Crippen LogP contribution in [-0.4, -0.2) is 26.8 Å². The molecule has 1 unspecified atom stereocenters. The average molecular weight is 364 g/mol. The number of pyridine rings is 1. The van der Waals surface area contributed by atoms with Crippen LogP contribution in [0.25, 0.3) is 11.4 Å². The van der Waals surface area contributed by atoms with E-state index >= 15 is 0 Å². The number of hydrogen-bond donors (Lipinski definition) is 1. The molecule has 0 aliphatic carbocycles. The lowest BCUT2D eigenvalue weighted by molar-refractivity contribution is 0.0912. The van der Waals surface area contributed by atoms with Crippen LogP contribution in [0.4, 0.5) is 0 Å². The van der Waals surface area contributed by atoms with Gasteiger partial charge in [-0.2, -0.15) is 4.98 Å². The fraction of sp³-hybridized carbons (Fsp3) is 0.250. The summed E-state index contributed by atoms with van der Waals surface area (Å²) < 4.78 is 5.38. The first kappa shape index (κ1) is 18.4. The van der Waals surface area contributed by atoms with Crippen molar-refractivity contribution in [3.63, 3.8) is 0 Å². The summed E-state index contributed by atoms with van der Waals surface area (Å²) in [5.74, 6) is 0.467. The van der Waals surface area contributed by atoms with Gasteiger partial charge in [0.15, 0.2) is 5.78 Å². The van der Waals surface area contributed by atoms with E-state index < -0.39 is 6.04 Å². The first-order chi connectivity index (χ1) is 13.0. The highest BCUT2D eigenvalue weighted by Crippen LogP contribution is 2.23. The molecule has 7 heteroatoms. The van der Waals surface area contributed by atoms with Gasteiger partial charge >= 0.3 is 0 Å². The number of ketones is 1. The van der Waals surface area contributed by atoms with Gasteiger partial charge in [0.2, 0.25) is 11.7 Å². The van der Waals surface area contributed by atoms with Crippen molar-refractivity contribution in [3.05, 3.63) is 65.8 Å². The normalized spacial score (nSPS) is 12.0. The third-order valence-electron chi connectivity index (χ3n) is 4.13. The van der Waals surface area contributed by atoms with E-state index in [2.05, 4.69) is 20.4 Å². The second-order valence-electron chi connectivity index (χ2n) is 6.53. The zero-order chi connectivity index (χ0) is 19.4. The summed E-state index contributed by atoms with van der Waals surface area (Å²) in [6.45, 7) is 5.40. The highest BCUT2D eigenvalue weighted by atomic mass is 16.5. The van der Waals surface area contributed by atoms with Crippen molar-refractivity contribution in [3.8, 4) is 11.4 Å². The zero-order valence-electron chi connectivity index (χ0n) is 15.3. The molecule has 1 amide bonds. The number of carbonyl (C=O) groups is 2. The van der Waals surface area contributed by atoms with E-state index in [1.165, 1.54) is 6.92 Å². The molecule has 0 spiro atoms. The number of nitrogens with one attached hydrogen (secondary N) is 1. The van der Waals surface area contributed by atoms with Crippen molar-refractivity contribution in [2.45, 2.75) is 26.8 Å². The molecule has 2 heterocycles. The number of nitrogens with zero attached hydrogens (tertiary/aromatic N) is 3. The van der Waals surface area contributed by atoms with Gasteiger partial charge in [0.1, 0.15) is 6.04 Å². The molecular formula is C20H20N4O3. The summed E-state index contributed by atoms with van der Waals surface area (Å²) in [5.41, 5.74) is 1.75. The maximum Gasteiger partial charge on any atom is 0.251 e. The van der Waals surface area contributed by atoms with E-state index in [-0.39, 0.29) is 17.6 Å². The maximum atomic E-state index is 12.6. The molecule has 0 bridgehead atoms. The van der Waals surface area contributed by atoms with E-state index in [1.807, 2.05) is 19.9 Å². The molecule has 1 atom stereocenters. The summed E-state index contributed by atoms with van der Waals surface area (Å²) in [7, 11) is 0. The van der Waals surface area contributed by atoms with Crippen LogP contribution in [0.2, 0.25) is 0 Å². The molecule has 27 heavy (non-hydrogen) atoms. The molecule has 2 aromatic heterocycles. The fourth-order valence-electron chi connectivity index (χ4n) is 2.57. The Morgan fingerprint density at radius 3 is 2.37 bits per heavy atom. The van der Waals surface area contributed by atoms with Gasteiger partial charge in [-0.25, -0.2) is 0 Å². The molecule has 3 aromatic rings. The van der Waals surface area contributed by atoms with Crippen molar-refractivity contribution in [2.24, 2.45) is 5.92 Å². The SMILES string of the molecule is CC(=O)c1ccc(C(=O)NC(c2nc(-c3cccnc3)no2)C(C)C)cc1. The number of amides is 1. The Kier molecular flexibility index (Phi) is 5.40. The largest absolute Gasteiger partial charge is 0.340 e. The molecule has 3 rings (SSSR count). The highest BCUT2D eigenvalue weighted by molar-refractivity contribution is 5.97. The number of carbonyl (C=O) groups excluding carboxylic acids is 2. The first-order valence-corrected chi connectivity index (χ1v) is 8.61. The topological polar surface area (TPSA) is 98.0 Å². The van der Waals surface area contributed by atoms with Crippen molar-refractivity contribution in [1.82, 2.24) is 20.4 Å². The van der Waals surface area contributed by atoms with Crippen LogP contribution in [0.3, 0.4) is 0 Å². The molecule has 7 nitrogen and oxygen atoms in total. The minimum Gasteiger partial charge on any atom is -0.340 e. The van der Waals surface area contributed by atoms with Gasteiger partial charge in [-0.15, -0.1) is 0 Å². The summed E-state index contributed by atoms with van der Waals surface area (Å²) in [6.07, 6.45) is 3.31. The standard InChI is InChI=1S/C20H20N4O3/c1-12(2)17(20-23-18(24-27-20)16-5-4-10-21-11-16)22-19(26)15-8-6-14(7-9-15)13(3)25/h4-12,17H,1-3H3,(H,22,26). The molecule has 0 aliphatic heterocycles. The maximum absolute atomic E-state index is 12.6. The number of aromatic nitrogens is 3. The molecule has 0 radical (unpaired) electrons. The predicted octanol–water partition coefficient (Wildman–Crippen LogP) is 3.46. The lowest BCUT2D eigenvalue weighted by Gasteiger charge is -2.18. The smallest absolute Gasteiger partial charge is 0.251 e. The van der Waals surface area contributed by atoms with Gasteiger partial charge in [0, 0.05) is 29.1 Å². The van der Waals surface area contributed by atoms with Crippen molar-refractivity contribution in [2.75, 3.05) is 0 Å². The van der Waals surface area contributed by atoms with Gasteiger partial charge in [0.05, 0.1) is 0 Å². The molecule has 1 aromatic carbocycles. The first-order valence-electron chi connectivity index (χ1n) is 8.61. The second kappa shape index (κ2) is 7.90. The molecule has 0 aliphatic rings. The second-order valence-corrected chi connectivity index (χ2v) is 6.53. The molecule has 0 fully saturated rings. The molecule has 138 valence electrons. The van der Waals surface area contributed by atoms with Crippen LogP contribution < -0.4 is 5.32 Å². The van der Waals surface area contributed by atoms with Crippen LogP contribution >= 0.6 is 0 Å². The Morgan fingerprint density at radius 1 is 1.07 bits per heavy atom. The van der Waals surface area contributed by atoms with Crippen LogP contribution in [0, 0.1) is 5.92 Å². The summed E-state index contributed by atoms with van der Waals surface area (Å²) in [6, 6.07) is 9.70. The molecule has 0 saturated carbocycles. The summed E-state index contributed by atoms with van der Waals surface area (Å²) in [4.78, 5) is 32.4. The summed E-state index contributed by atoms with van der Waals surface area (Å²) >= 11 is 0. The van der Waals surface area contributed by atoms with Crippen LogP contribution in [0.15, 0.2) is 53.3 Å². The highest BCUT2D eigenvalue weighted by Gasteiger charge is 2.25. The third kappa shape index (κ3) is 4.25. The average Bonchev–Trinajstić information content (AvgIpc) is 3.16. The summed E-state index contributed by atoms with van der Waals surface area (Å²) in [5, 5.41) is 6.91. The van der Waals surface area contributed by atoms with Gasteiger partial charge < -0.3 is 9.84 Å². The van der Waals surface area contributed by atoms with Crippen LogP contribution in [0.1, 0.15) is 53.4 Å². The molecule has 1 N–H and O–H groups in total. The van der Waals surface area contributed by atoms with E-state index in [0.29, 0.717) is 22.8 Å². The third-order valence-corrected chi connectivity index (χ3v) is 4.13. The lowest BCUT2D eigenvalue weighted by Crippen LogP contribution is -2.32. The number of hydrogen-bond acceptors (Lipinski definition) is 6. The van der Waals surface area contributed by atoms with Crippen molar-refractivity contribution in [1.29, 1.82) is 0 Å². The van der Waals surface area contributed by atoms with E-state index in [0.717, 1.165) is 5.56 Å². The van der Waals surface area contributed by atoms with Crippen LogP contribution in [-0.2, 0) is 0 Å². The Hall–Kier alpha value is -3.35. The monoisotopic (exact) mass is 364 g/mol. The lowest BCUT2D eigenvalue weighted by atomic mass is 10.0. The van der Waals surface area contributed by atoms with Gasteiger partial charge in [-0.3, -0.25) is 14.6 Å².